The molecular formula is C17H21NO2. The molecule has 1 atom stereocenters. The Morgan fingerprint density at radius 3 is 2.30 bits per heavy atom. The van der Waals surface area contributed by atoms with E-state index in [9.17, 15) is 5.11 Å². The average molecular weight is 271 g/mol. The number of hydrogen-bond acceptors (Lipinski definition) is 3. The van der Waals surface area contributed by atoms with Crippen LogP contribution < -0.4 is 4.74 Å². The third-order valence-electron chi connectivity index (χ3n) is 3.34. The number of aliphatic hydroxyl groups excluding tert-OH is 1. The van der Waals surface area contributed by atoms with Gasteiger partial charge in [-0.25, -0.2) is 4.98 Å². The molecule has 0 amide bonds. The number of aliphatic hydroxyl groups is 1. The smallest absolute Gasteiger partial charge is 0.219 e. The Kier molecular flexibility index (Phi) is 4.40. The predicted octanol–water partition coefficient (Wildman–Crippen LogP) is 4.36. The zero-order valence-corrected chi connectivity index (χ0v) is 12.4. The summed E-state index contributed by atoms with van der Waals surface area (Å²) in [7, 11) is 0. The minimum atomic E-state index is -0.512. The van der Waals surface area contributed by atoms with Crippen LogP contribution in [0.4, 0.5) is 0 Å². The van der Waals surface area contributed by atoms with Crippen molar-refractivity contribution in [2.45, 2.75) is 39.7 Å². The van der Waals surface area contributed by atoms with Crippen LogP contribution in [0.15, 0.2) is 36.5 Å². The summed E-state index contributed by atoms with van der Waals surface area (Å²) < 4.78 is 5.84. The van der Waals surface area contributed by atoms with Gasteiger partial charge in [0.1, 0.15) is 5.75 Å². The first-order chi connectivity index (χ1) is 9.47. The molecule has 106 valence electrons. The highest BCUT2D eigenvalue weighted by Crippen LogP contribution is 2.28. The van der Waals surface area contributed by atoms with Crippen molar-refractivity contribution in [3.05, 3.63) is 53.2 Å². The Morgan fingerprint density at radius 2 is 1.75 bits per heavy atom. The van der Waals surface area contributed by atoms with Gasteiger partial charge in [0.2, 0.25) is 5.88 Å². The molecule has 0 aliphatic rings. The van der Waals surface area contributed by atoms with E-state index in [1.165, 1.54) is 5.56 Å². The van der Waals surface area contributed by atoms with Crippen LogP contribution in [0.5, 0.6) is 11.6 Å². The molecule has 0 spiro atoms. The summed E-state index contributed by atoms with van der Waals surface area (Å²) in [6.07, 6.45) is 1.13. The first kappa shape index (κ1) is 14.5. The second-order valence-corrected chi connectivity index (χ2v) is 5.39. The molecule has 0 unspecified atom stereocenters. The van der Waals surface area contributed by atoms with Crippen molar-refractivity contribution in [1.82, 2.24) is 4.98 Å². The quantitative estimate of drug-likeness (QED) is 0.898. The maximum absolute atomic E-state index is 9.47. The van der Waals surface area contributed by atoms with Crippen molar-refractivity contribution in [2.75, 3.05) is 0 Å². The van der Waals surface area contributed by atoms with Crippen LogP contribution in [-0.4, -0.2) is 10.1 Å². The molecule has 0 aliphatic carbocycles. The van der Waals surface area contributed by atoms with E-state index in [1.807, 2.05) is 13.0 Å². The van der Waals surface area contributed by atoms with Crippen molar-refractivity contribution >= 4 is 0 Å². The van der Waals surface area contributed by atoms with Crippen LogP contribution in [-0.2, 0) is 0 Å². The van der Waals surface area contributed by atoms with E-state index in [-0.39, 0.29) is 0 Å². The fraction of sp³-hybridized carbons (Fsp3) is 0.353. The first-order valence-electron chi connectivity index (χ1n) is 6.90. The van der Waals surface area contributed by atoms with Crippen LogP contribution in [0.25, 0.3) is 0 Å². The Balaban J connectivity index is 2.23. The van der Waals surface area contributed by atoms with Crippen molar-refractivity contribution in [2.24, 2.45) is 0 Å². The van der Waals surface area contributed by atoms with E-state index in [0.29, 0.717) is 11.8 Å². The van der Waals surface area contributed by atoms with Crippen molar-refractivity contribution in [1.29, 1.82) is 0 Å². The van der Waals surface area contributed by atoms with Gasteiger partial charge in [-0.1, -0.05) is 26.0 Å². The Morgan fingerprint density at radius 1 is 1.05 bits per heavy atom. The van der Waals surface area contributed by atoms with Crippen molar-refractivity contribution < 1.29 is 9.84 Å². The van der Waals surface area contributed by atoms with Gasteiger partial charge in [0.15, 0.2) is 0 Å². The number of benzene rings is 1. The highest BCUT2D eigenvalue weighted by atomic mass is 16.5. The number of hydrogen-bond donors (Lipinski definition) is 1. The molecule has 0 radical (unpaired) electrons. The number of ether oxygens (including phenoxy) is 1. The summed E-state index contributed by atoms with van der Waals surface area (Å²) in [4.78, 5) is 4.23. The van der Waals surface area contributed by atoms with Crippen LogP contribution >= 0.6 is 0 Å². The molecule has 0 saturated carbocycles. The summed E-state index contributed by atoms with van der Waals surface area (Å²) in [5.74, 6) is 1.83. The fourth-order valence-electron chi connectivity index (χ4n) is 1.90. The molecule has 3 heteroatoms. The number of aryl methyl sites for hydroxylation is 1. The van der Waals surface area contributed by atoms with Gasteiger partial charge >= 0.3 is 0 Å². The standard InChI is InChI=1S/C17H21NO2/c1-11(2)14-6-5-12(3)16(9-14)20-17-8-7-15(10-18-17)13(4)19/h5-11,13,19H,1-4H3/t13-/m0/s1. The van der Waals surface area contributed by atoms with Crippen LogP contribution in [0, 0.1) is 6.92 Å². The van der Waals surface area contributed by atoms with Gasteiger partial charge in [-0.3, -0.25) is 0 Å². The van der Waals surface area contributed by atoms with E-state index < -0.39 is 6.10 Å². The predicted molar refractivity (Wildman–Crippen MR) is 80.2 cm³/mol. The van der Waals surface area contributed by atoms with Crippen molar-refractivity contribution in [3.63, 3.8) is 0 Å². The van der Waals surface area contributed by atoms with Gasteiger partial charge in [-0.05, 0) is 48.6 Å². The molecule has 1 aromatic heterocycles. The summed E-state index contributed by atoms with van der Waals surface area (Å²) in [6, 6.07) is 9.86. The van der Waals surface area contributed by atoms with Gasteiger partial charge in [0.25, 0.3) is 0 Å². The van der Waals surface area contributed by atoms with E-state index >= 15 is 0 Å². The first-order valence-corrected chi connectivity index (χ1v) is 6.90. The molecule has 0 fully saturated rings. The van der Waals surface area contributed by atoms with Gasteiger partial charge in [-0.15, -0.1) is 0 Å². The van der Waals surface area contributed by atoms with E-state index in [1.54, 1.807) is 19.2 Å². The molecule has 0 saturated heterocycles. The molecule has 2 rings (SSSR count). The lowest BCUT2D eigenvalue weighted by Crippen LogP contribution is -1.96. The molecule has 20 heavy (non-hydrogen) atoms. The van der Waals surface area contributed by atoms with E-state index in [2.05, 4.69) is 37.0 Å². The Labute approximate surface area is 120 Å². The SMILES string of the molecule is Cc1ccc(C(C)C)cc1Oc1ccc([C@H](C)O)cn1. The summed E-state index contributed by atoms with van der Waals surface area (Å²) in [5.41, 5.74) is 3.10. The largest absolute Gasteiger partial charge is 0.439 e. The lowest BCUT2D eigenvalue weighted by atomic mass is 10.0. The molecule has 1 aromatic carbocycles. The lowest BCUT2D eigenvalue weighted by Gasteiger charge is -2.12. The molecule has 2 aromatic rings. The lowest BCUT2D eigenvalue weighted by molar-refractivity contribution is 0.198. The van der Waals surface area contributed by atoms with Crippen LogP contribution in [0.2, 0.25) is 0 Å². The topological polar surface area (TPSA) is 42.4 Å². The number of nitrogens with zero attached hydrogens (tertiary/aromatic N) is 1. The summed E-state index contributed by atoms with van der Waals surface area (Å²) >= 11 is 0. The van der Waals surface area contributed by atoms with E-state index in [0.717, 1.165) is 16.9 Å². The fourth-order valence-corrected chi connectivity index (χ4v) is 1.90. The number of rotatable bonds is 4. The van der Waals surface area contributed by atoms with Gasteiger partial charge in [0.05, 0.1) is 6.10 Å². The molecule has 1 N–H and O–H groups in total. The normalized spacial score (nSPS) is 12.5. The van der Waals surface area contributed by atoms with Crippen LogP contribution in [0.3, 0.4) is 0 Å². The van der Waals surface area contributed by atoms with Gasteiger partial charge in [0, 0.05) is 12.3 Å². The zero-order valence-electron chi connectivity index (χ0n) is 12.4. The third kappa shape index (κ3) is 3.36. The maximum Gasteiger partial charge on any atom is 0.219 e. The minimum Gasteiger partial charge on any atom is -0.439 e. The highest BCUT2D eigenvalue weighted by molar-refractivity contribution is 5.40. The number of pyridine rings is 1. The second-order valence-electron chi connectivity index (χ2n) is 5.39. The maximum atomic E-state index is 9.47. The second kappa shape index (κ2) is 6.06. The Bertz CT molecular complexity index is 574. The number of aromatic nitrogens is 1. The Hall–Kier alpha value is -1.87. The zero-order chi connectivity index (χ0) is 14.7. The monoisotopic (exact) mass is 271 g/mol. The minimum absolute atomic E-state index is 0.462. The molecular weight excluding hydrogens is 250 g/mol. The summed E-state index contributed by atoms with van der Waals surface area (Å²) in [6.45, 7) is 8.05. The van der Waals surface area contributed by atoms with E-state index in [4.69, 9.17) is 4.74 Å². The average Bonchev–Trinajstić information content (AvgIpc) is 2.41. The van der Waals surface area contributed by atoms with Crippen molar-refractivity contribution in [3.8, 4) is 11.6 Å². The molecule has 0 bridgehead atoms. The molecule has 3 nitrogen and oxygen atoms in total. The van der Waals surface area contributed by atoms with Gasteiger partial charge < -0.3 is 9.84 Å². The summed E-state index contributed by atoms with van der Waals surface area (Å²) in [5, 5.41) is 9.47. The third-order valence-corrected chi connectivity index (χ3v) is 3.34. The molecule has 0 aliphatic heterocycles. The van der Waals surface area contributed by atoms with Gasteiger partial charge in [-0.2, -0.15) is 0 Å². The molecule has 1 heterocycles. The van der Waals surface area contributed by atoms with Crippen LogP contribution in [0.1, 0.15) is 49.5 Å². The highest BCUT2D eigenvalue weighted by Gasteiger charge is 2.07.